The molecule has 1 amide bonds. The van der Waals surface area contributed by atoms with E-state index in [0.717, 1.165) is 39.0 Å². The van der Waals surface area contributed by atoms with Gasteiger partial charge in [0.1, 0.15) is 0 Å². The van der Waals surface area contributed by atoms with Crippen LogP contribution in [0.5, 0.6) is 0 Å². The zero-order chi connectivity index (χ0) is 12.5. The SMILES string of the molecule is CC1COCCN1C1CCCC(N)(C(N)=O)C1. The number of nitrogens with zero attached hydrogens (tertiary/aromatic N) is 1. The molecule has 0 aromatic carbocycles. The number of hydrogen-bond acceptors (Lipinski definition) is 4. The standard InChI is InChI=1S/C12H23N3O2/c1-9-8-17-6-5-15(9)10-3-2-4-12(14,7-10)11(13)16/h9-10H,2-8,14H2,1H3,(H2,13,16). The highest BCUT2D eigenvalue weighted by Crippen LogP contribution is 2.31. The number of ether oxygens (including phenoxy) is 1. The number of rotatable bonds is 2. The van der Waals surface area contributed by atoms with Crippen molar-refractivity contribution in [3.63, 3.8) is 0 Å². The second-order valence-corrected chi connectivity index (χ2v) is 5.43. The highest BCUT2D eigenvalue weighted by atomic mass is 16.5. The lowest BCUT2D eigenvalue weighted by Crippen LogP contribution is -2.60. The van der Waals surface area contributed by atoms with Crippen molar-refractivity contribution in [3.05, 3.63) is 0 Å². The molecule has 98 valence electrons. The maximum atomic E-state index is 11.4. The average Bonchev–Trinajstić information content (AvgIpc) is 2.29. The molecule has 1 saturated heterocycles. The van der Waals surface area contributed by atoms with Crippen molar-refractivity contribution in [1.82, 2.24) is 4.90 Å². The minimum atomic E-state index is -0.805. The van der Waals surface area contributed by atoms with E-state index in [2.05, 4.69) is 11.8 Å². The van der Waals surface area contributed by atoms with Crippen molar-refractivity contribution in [3.8, 4) is 0 Å². The van der Waals surface area contributed by atoms with Crippen LogP contribution < -0.4 is 11.5 Å². The number of carbonyl (C=O) groups excluding carboxylic acids is 1. The van der Waals surface area contributed by atoms with Crippen molar-refractivity contribution in [1.29, 1.82) is 0 Å². The number of carbonyl (C=O) groups is 1. The minimum absolute atomic E-state index is 0.358. The van der Waals surface area contributed by atoms with Gasteiger partial charge >= 0.3 is 0 Å². The van der Waals surface area contributed by atoms with Crippen LogP contribution in [-0.2, 0) is 9.53 Å². The Labute approximate surface area is 102 Å². The average molecular weight is 241 g/mol. The van der Waals surface area contributed by atoms with Gasteiger partial charge in [-0.05, 0) is 32.6 Å². The largest absolute Gasteiger partial charge is 0.379 e. The van der Waals surface area contributed by atoms with Crippen LogP contribution in [-0.4, -0.2) is 48.2 Å². The van der Waals surface area contributed by atoms with E-state index < -0.39 is 5.54 Å². The minimum Gasteiger partial charge on any atom is -0.379 e. The fourth-order valence-electron chi connectivity index (χ4n) is 3.07. The fourth-order valence-corrected chi connectivity index (χ4v) is 3.07. The summed E-state index contributed by atoms with van der Waals surface area (Å²) in [4.78, 5) is 13.9. The number of hydrogen-bond donors (Lipinski definition) is 2. The molecule has 2 aliphatic rings. The first-order valence-electron chi connectivity index (χ1n) is 6.45. The van der Waals surface area contributed by atoms with E-state index in [1.807, 2.05) is 0 Å². The van der Waals surface area contributed by atoms with E-state index in [9.17, 15) is 4.79 Å². The molecule has 0 bridgehead atoms. The first kappa shape index (κ1) is 12.8. The van der Waals surface area contributed by atoms with E-state index in [1.54, 1.807) is 0 Å². The van der Waals surface area contributed by atoms with E-state index in [4.69, 9.17) is 16.2 Å². The molecule has 3 atom stereocenters. The molecule has 4 N–H and O–H groups in total. The highest BCUT2D eigenvalue weighted by molar-refractivity contribution is 5.84. The van der Waals surface area contributed by atoms with Gasteiger partial charge in [-0.3, -0.25) is 9.69 Å². The Morgan fingerprint density at radius 3 is 2.94 bits per heavy atom. The second-order valence-electron chi connectivity index (χ2n) is 5.43. The number of amides is 1. The molecule has 17 heavy (non-hydrogen) atoms. The molecule has 3 unspecified atom stereocenters. The third-order valence-corrected chi connectivity index (χ3v) is 4.14. The summed E-state index contributed by atoms with van der Waals surface area (Å²) in [5.74, 6) is -0.358. The summed E-state index contributed by atoms with van der Waals surface area (Å²) in [6, 6.07) is 0.782. The van der Waals surface area contributed by atoms with Gasteiger partial charge in [-0.1, -0.05) is 0 Å². The monoisotopic (exact) mass is 241 g/mol. The number of morpholine rings is 1. The van der Waals surface area contributed by atoms with Crippen LogP contribution in [0.4, 0.5) is 0 Å². The predicted octanol–water partition coefficient (Wildman–Crippen LogP) is -0.167. The predicted molar refractivity (Wildman–Crippen MR) is 65.4 cm³/mol. The Morgan fingerprint density at radius 1 is 1.53 bits per heavy atom. The molecular formula is C12H23N3O2. The first-order chi connectivity index (χ1) is 8.03. The van der Waals surface area contributed by atoms with Gasteiger partial charge in [0.25, 0.3) is 0 Å². The van der Waals surface area contributed by atoms with Crippen molar-refractivity contribution in [2.45, 2.75) is 50.2 Å². The quantitative estimate of drug-likeness (QED) is 0.703. The van der Waals surface area contributed by atoms with Gasteiger partial charge in [-0.15, -0.1) is 0 Å². The molecule has 1 heterocycles. The molecule has 5 heteroatoms. The van der Waals surface area contributed by atoms with Gasteiger partial charge in [0.15, 0.2) is 0 Å². The molecule has 2 fully saturated rings. The van der Waals surface area contributed by atoms with Gasteiger partial charge in [-0.2, -0.15) is 0 Å². The summed E-state index contributed by atoms with van der Waals surface area (Å²) in [6.07, 6.45) is 3.50. The van der Waals surface area contributed by atoms with Crippen molar-refractivity contribution in [2.75, 3.05) is 19.8 Å². The smallest absolute Gasteiger partial charge is 0.237 e. The third-order valence-electron chi connectivity index (χ3n) is 4.14. The summed E-state index contributed by atoms with van der Waals surface area (Å²) in [6.45, 7) is 4.64. The maximum absolute atomic E-state index is 11.4. The lowest BCUT2D eigenvalue weighted by molar-refractivity contribution is -0.125. The van der Waals surface area contributed by atoms with Crippen molar-refractivity contribution < 1.29 is 9.53 Å². The molecule has 0 spiro atoms. The molecule has 0 aromatic rings. The summed E-state index contributed by atoms with van der Waals surface area (Å²) >= 11 is 0. The Balaban J connectivity index is 2.03. The van der Waals surface area contributed by atoms with Gasteiger partial charge in [0, 0.05) is 18.6 Å². The Bertz CT molecular complexity index is 297. The third kappa shape index (κ3) is 2.61. The molecular weight excluding hydrogens is 218 g/mol. The van der Waals surface area contributed by atoms with Crippen molar-refractivity contribution in [2.24, 2.45) is 11.5 Å². The summed E-state index contributed by atoms with van der Waals surface area (Å²) < 4.78 is 5.44. The summed E-state index contributed by atoms with van der Waals surface area (Å²) in [5, 5.41) is 0. The van der Waals surface area contributed by atoms with E-state index in [-0.39, 0.29) is 5.91 Å². The fraction of sp³-hybridized carbons (Fsp3) is 0.917. The Hall–Kier alpha value is -0.650. The van der Waals surface area contributed by atoms with Crippen LogP contribution in [0.1, 0.15) is 32.6 Å². The second kappa shape index (κ2) is 4.92. The Morgan fingerprint density at radius 2 is 2.29 bits per heavy atom. The van der Waals surface area contributed by atoms with Gasteiger partial charge in [0.2, 0.25) is 5.91 Å². The van der Waals surface area contributed by atoms with E-state index >= 15 is 0 Å². The van der Waals surface area contributed by atoms with Crippen LogP contribution in [0.2, 0.25) is 0 Å². The van der Waals surface area contributed by atoms with Crippen LogP contribution in [0, 0.1) is 0 Å². The summed E-state index contributed by atoms with van der Waals surface area (Å²) in [7, 11) is 0. The van der Waals surface area contributed by atoms with Crippen LogP contribution in [0.3, 0.4) is 0 Å². The molecule has 2 rings (SSSR count). The molecule has 1 saturated carbocycles. The molecule has 1 aliphatic carbocycles. The van der Waals surface area contributed by atoms with Gasteiger partial charge in [-0.25, -0.2) is 0 Å². The number of primary amides is 1. The molecule has 0 radical (unpaired) electrons. The van der Waals surface area contributed by atoms with Crippen LogP contribution in [0.15, 0.2) is 0 Å². The highest BCUT2D eigenvalue weighted by Gasteiger charge is 2.41. The van der Waals surface area contributed by atoms with E-state index in [1.165, 1.54) is 0 Å². The normalized spacial score (nSPS) is 40.1. The zero-order valence-corrected chi connectivity index (χ0v) is 10.5. The number of nitrogens with two attached hydrogens (primary N) is 2. The van der Waals surface area contributed by atoms with Crippen molar-refractivity contribution >= 4 is 5.91 Å². The molecule has 0 aromatic heterocycles. The zero-order valence-electron chi connectivity index (χ0n) is 10.5. The van der Waals surface area contributed by atoms with Crippen LogP contribution >= 0.6 is 0 Å². The Kier molecular flexibility index (Phi) is 3.70. The topological polar surface area (TPSA) is 81.6 Å². The molecule has 1 aliphatic heterocycles. The summed E-state index contributed by atoms with van der Waals surface area (Å²) in [5.41, 5.74) is 10.7. The van der Waals surface area contributed by atoms with Gasteiger partial charge < -0.3 is 16.2 Å². The lowest BCUT2D eigenvalue weighted by Gasteiger charge is -2.45. The maximum Gasteiger partial charge on any atom is 0.237 e. The van der Waals surface area contributed by atoms with E-state index in [0.29, 0.717) is 18.5 Å². The van der Waals surface area contributed by atoms with Gasteiger partial charge in [0.05, 0.1) is 18.8 Å². The lowest BCUT2D eigenvalue weighted by atomic mass is 9.78. The van der Waals surface area contributed by atoms with Crippen LogP contribution in [0.25, 0.3) is 0 Å². The first-order valence-corrected chi connectivity index (χ1v) is 6.45. The molecule has 5 nitrogen and oxygen atoms in total.